The molecule has 30 heavy (non-hydrogen) atoms. The maximum atomic E-state index is 9.39. The van der Waals surface area contributed by atoms with Gasteiger partial charge in [-0.05, 0) is 23.8 Å². The van der Waals surface area contributed by atoms with Crippen LogP contribution in [0.4, 0.5) is 0 Å². The summed E-state index contributed by atoms with van der Waals surface area (Å²) in [7, 11) is 1.67. The molecule has 0 saturated carbocycles. The molecule has 0 bridgehead atoms. The molecule has 0 spiro atoms. The summed E-state index contributed by atoms with van der Waals surface area (Å²) in [6.07, 6.45) is 3.91. The van der Waals surface area contributed by atoms with E-state index in [1.54, 1.807) is 7.11 Å². The van der Waals surface area contributed by atoms with Gasteiger partial charge in [0.25, 0.3) is 0 Å². The van der Waals surface area contributed by atoms with E-state index in [1.165, 1.54) is 0 Å². The number of aromatic nitrogens is 1. The van der Waals surface area contributed by atoms with Crippen LogP contribution in [0.3, 0.4) is 0 Å². The number of nitrogens with zero attached hydrogens (tertiary/aromatic N) is 3. The zero-order chi connectivity index (χ0) is 20.8. The van der Waals surface area contributed by atoms with Crippen molar-refractivity contribution in [3.63, 3.8) is 0 Å². The maximum absolute atomic E-state index is 9.39. The summed E-state index contributed by atoms with van der Waals surface area (Å²) >= 11 is 0. The minimum Gasteiger partial charge on any atom is -0.496 e. The Morgan fingerprint density at radius 2 is 1.73 bits per heavy atom. The Morgan fingerprint density at radius 1 is 1.00 bits per heavy atom. The van der Waals surface area contributed by atoms with Gasteiger partial charge in [0.05, 0.1) is 31.5 Å². The second-order valence-corrected chi connectivity index (χ2v) is 6.90. The van der Waals surface area contributed by atoms with Gasteiger partial charge in [0.2, 0.25) is 0 Å². The number of hydrogen-bond donors (Lipinski definition) is 1. The van der Waals surface area contributed by atoms with Crippen molar-refractivity contribution in [2.24, 2.45) is 5.10 Å². The van der Waals surface area contributed by atoms with Crippen molar-refractivity contribution in [1.29, 1.82) is 5.26 Å². The lowest BCUT2D eigenvalue weighted by molar-refractivity contribution is 0.408. The van der Waals surface area contributed by atoms with E-state index in [-0.39, 0.29) is 0 Å². The SMILES string of the molecule is COc1ccccc1CN/N=C\c1cn(Cc2ccccc2C#N)c2ccccc12. The summed E-state index contributed by atoms with van der Waals surface area (Å²) in [5, 5.41) is 14.9. The Morgan fingerprint density at radius 3 is 2.57 bits per heavy atom. The van der Waals surface area contributed by atoms with Crippen LogP contribution in [0.25, 0.3) is 10.9 Å². The third-order valence-electron chi connectivity index (χ3n) is 5.05. The molecule has 1 aromatic heterocycles. The second-order valence-electron chi connectivity index (χ2n) is 6.90. The Hall–Kier alpha value is -4.04. The molecular formula is C25H22N4O. The highest BCUT2D eigenvalue weighted by Crippen LogP contribution is 2.22. The molecule has 0 amide bonds. The van der Waals surface area contributed by atoms with Gasteiger partial charge in [0.1, 0.15) is 5.75 Å². The summed E-state index contributed by atoms with van der Waals surface area (Å²) in [4.78, 5) is 0. The van der Waals surface area contributed by atoms with Crippen molar-refractivity contribution in [1.82, 2.24) is 9.99 Å². The van der Waals surface area contributed by atoms with E-state index in [0.29, 0.717) is 18.7 Å². The first-order valence-corrected chi connectivity index (χ1v) is 9.74. The van der Waals surface area contributed by atoms with E-state index in [2.05, 4.69) is 39.5 Å². The minimum absolute atomic E-state index is 0.578. The topological polar surface area (TPSA) is 62.3 Å². The quantitative estimate of drug-likeness (QED) is 0.365. The van der Waals surface area contributed by atoms with Crippen LogP contribution in [0.2, 0.25) is 0 Å². The van der Waals surface area contributed by atoms with Gasteiger partial charge in [-0.3, -0.25) is 0 Å². The summed E-state index contributed by atoms with van der Waals surface area (Å²) in [6, 6.07) is 26.1. The highest BCUT2D eigenvalue weighted by atomic mass is 16.5. The monoisotopic (exact) mass is 394 g/mol. The summed E-state index contributed by atoms with van der Waals surface area (Å²) in [5.74, 6) is 0.841. The molecule has 4 aromatic rings. The van der Waals surface area contributed by atoms with Crippen LogP contribution in [0.1, 0.15) is 22.3 Å². The molecule has 3 aromatic carbocycles. The molecule has 1 N–H and O–H groups in total. The first-order valence-electron chi connectivity index (χ1n) is 9.74. The van der Waals surface area contributed by atoms with Crippen LogP contribution >= 0.6 is 0 Å². The van der Waals surface area contributed by atoms with Gasteiger partial charge in [0, 0.05) is 34.8 Å². The average Bonchev–Trinajstić information content (AvgIpc) is 3.15. The second kappa shape index (κ2) is 8.97. The number of nitrogens with one attached hydrogen (secondary N) is 1. The largest absolute Gasteiger partial charge is 0.496 e. The fourth-order valence-corrected chi connectivity index (χ4v) is 3.55. The summed E-state index contributed by atoms with van der Waals surface area (Å²) < 4.78 is 7.54. The van der Waals surface area contributed by atoms with Gasteiger partial charge < -0.3 is 14.7 Å². The molecule has 0 aliphatic heterocycles. The number of ether oxygens (including phenoxy) is 1. The van der Waals surface area contributed by atoms with Gasteiger partial charge in [-0.25, -0.2) is 0 Å². The normalized spacial score (nSPS) is 10.9. The molecule has 0 radical (unpaired) electrons. The van der Waals surface area contributed by atoms with Crippen LogP contribution in [0.5, 0.6) is 5.75 Å². The first kappa shape index (κ1) is 19.3. The van der Waals surface area contributed by atoms with E-state index in [9.17, 15) is 5.26 Å². The molecule has 148 valence electrons. The highest BCUT2D eigenvalue weighted by Gasteiger charge is 2.09. The number of para-hydroxylation sites is 2. The Balaban J connectivity index is 1.56. The zero-order valence-electron chi connectivity index (χ0n) is 16.7. The summed E-state index contributed by atoms with van der Waals surface area (Å²) in [5.41, 5.74) is 7.98. The fourth-order valence-electron chi connectivity index (χ4n) is 3.55. The van der Waals surface area contributed by atoms with Gasteiger partial charge in [0.15, 0.2) is 0 Å². The molecular weight excluding hydrogens is 372 g/mol. The van der Waals surface area contributed by atoms with Crippen molar-refractivity contribution in [3.05, 3.63) is 101 Å². The van der Waals surface area contributed by atoms with Crippen LogP contribution < -0.4 is 10.2 Å². The molecule has 5 nitrogen and oxygen atoms in total. The van der Waals surface area contributed by atoms with Crippen LogP contribution in [-0.4, -0.2) is 17.9 Å². The third kappa shape index (κ3) is 4.03. The van der Waals surface area contributed by atoms with Crippen LogP contribution in [0, 0.1) is 11.3 Å². The number of hydrazone groups is 1. The first-order chi connectivity index (χ1) is 14.8. The standard InChI is InChI=1S/C25H22N4O/c1-30-25-13-7-4-9-20(25)15-27-28-16-22-18-29(24-12-6-5-11-23(22)24)17-21-10-3-2-8-19(21)14-26/h2-13,16,18,27H,15,17H2,1H3/b28-16-. The number of fused-ring (bicyclic) bond motifs is 1. The Bertz CT molecular complexity index is 1230. The van der Waals surface area contributed by atoms with E-state index < -0.39 is 0 Å². The minimum atomic E-state index is 0.578. The van der Waals surface area contributed by atoms with Crippen molar-refractivity contribution in [2.75, 3.05) is 7.11 Å². The van der Waals surface area contributed by atoms with Crippen LogP contribution in [0.15, 0.2) is 84.1 Å². The molecule has 4 rings (SSSR count). The van der Waals surface area contributed by atoms with Gasteiger partial charge in [-0.2, -0.15) is 10.4 Å². The average molecular weight is 394 g/mol. The predicted octanol–water partition coefficient (Wildman–Crippen LogP) is 4.69. The zero-order valence-corrected chi connectivity index (χ0v) is 16.7. The predicted molar refractivity (Wildman–Crippen MR) is 120 cm³/mol. The number of benzene rings is 3. The number of hydrogen-bond acceptors (Lipinski definition) is 4. The fraction of sp³-hybridized carbons (Fsp3) is 0.120. The smallest absolute Gasteiger partial charge is 0.123 e. The Kier molecular flexibility index (Phi) is 5.77. The maximum Gasteiger partial charge on any atom is 0.123 e. The lowest BCUT2D eigenvalue weighted by Gasteiger charge is -2.07. The molecule has 0 saturated heterocycles. The molecule has 0 aliphatic rings. The van der Waals surface area contributed by atoms with Crippen LogP contribution in [-0.2, 0) is 13.1 Å². The van der Waals surface area contributed by atoms with E-state index in [0.717, 1.165) is 33.3 Å². The van der Waals surface area contributed by atoms with Crippen molar-refractivity contribution in [3.8, 4) is 11.8 Å². The molecule has 0 atom stereocenters. The van der Waals surface area contributed by atoms with Gasteiger partial charge in [-0.1, -0.05) is 54.6 Å². The van der Waals surface area contributed by atoms with E-state index >= 15 is 0 Å². The lowest BCUT2D eigenvalue weighted by atomic mass is 10.1. The Labute approximate surface area is 175 Å². The van der Waals surface area contributed by atoms with E-state index in [1.807, 2.05) is 66.9 Å². The molecule has 0 unspecified atom stereocenters. The lowest BCUT2D eigenvalue weighted by Crippen LogP contribution is -2.06. The van der Waals surface area contributed by atoms with Crippen molar-refractivity contribution in [2.45, 2.75) is 13.1 Å². The summed E-state index contributed by atoms with van der Waals surface area (Å²) in [6.45, 7) is 1.21. The van der Waals surface area contributed by atoms with E-state index in [4.69, 9.17) is 4.74 Å². The molecule has 0 fully saturated rings. The number of methoxy groups -OCH3 is 1. The number of nitriles is 1. The van der Waals surface area contributed by atoms with Crippen molar-refractivity contribution < 1.29 is 4.74 Å². The highest BCUT2D eigenvalue weighted by molar-refractivity contribution is 5.99. The third-order valence-corrected chi connectivity index (χ3v) is 5.05. The molecule has 0 aliphatic carbocycles. The molecule has 5 heteroatoms. The van der Waals surface area contributed by atoms with Gasteiger partial charge in [-0.15, -0.1) is 0 Å². The van der Waals surface area contributed by atoms with Gasteiger partial charge >= 0.3 is 0 Å². The molecule has 1 heterocycles. The number of rotatable bonds is 7. The van der Waals surface area contributed by atoms with Crippen molar-refractivity contribution >= 4 is 17.1 Å².